The standard InChI is InChI=1S/C17H32N4O2/c1-12(13(2)18)16(22)21-10-8-15(9-11-21)20-17(23)19-14-6-4-3-5-7-14/h12-15H,3-11,18H2,1-2H3,(H2,19,20,23). The van der Waals surface area contributed by atoms with Crippen LogP contribution in [0.3, 0.4) is 0 Å². The highest BCUT2D eigenvalue weighted by Crippen LogP contribution is 2.18. The van der Waals surface area contributed by atoms with Gasteiger partial charge < -0.3 is 21.3 Å². The van der Waals surface area contributed by atoms with Crippen molar-refractivity contribution in [2.45, 2.75) is 76.9 Å². The van der Waals surface area contributed by atoms with Crippen molar-refractivity contribution in [1.29, 1.82) is 0 Å². The molecular weight excluding hydrogens is 292 g/mol. The molecule has 1 saturated heterocycles. The number of carbonyl (C=O) groups excluding carboxylic acids is 2. The summed E-state index contributed by atoms with van der Waals surface area (Å²) in [4.78, 5) is 26.2. The van der Waals surface area contributed by atoms with Crippen molar-refractivity contribution >= 4 is 11.9 Å². The fourth-order valence-electron chi connectivity index (χ4n) is 3.42. The van der Waals surface area contributed by atoms with Crippen LogP contribution in [0.25, 0.3) is 0 Å². The van der Waals surface area contributed by atoms with E-state index in [1.165, 1.54) is 19.3 Å². The molecule has 23 heavy (non-hydrogen) atoms. The minimum absolute atomic E-state index is 0.0503. The van der Waals surface area contributed by atoms with E-state index in [9.17, 15) is 9.59 Å². The Bertz CT molecular complexity index is 399. The van der Waals surface area contributed by atoms with Gasteiger partial charge in [-0.1, -0.05) is 26.2 Å². The molecule has 132 valence electrons. The fraction of sp³-hybridized carbons (Fsp3) is 0.882. The van der Waals surface area contributed by atoms with Gasteiger partial charge in [-0.05, 0) is 32.6 Å². The van der Waals surface area contributed by atoms with Crippen LogP contribution in [0.4, 0.5) is 4.79 Å². The molecule has 0 aromatic heterocycles. The Morgan fingerprint density at radius 1 is 0.957 bits per heavy atom. The van der Waals surface area contributed by atoms with Crippen LogP contribution in [0.15, 0.2) is 0 Å². The van der Waals surface area contributed by atoms with Gasteiger partial charge in [-0.15, -0.1) is 0 Å². The molecule has 1 heterocycles. The lowest BCUT2D eigenvalue weighted by molar-refractivity contribution is -0.136. The average Bonchev–Trinajstić information content (AvgIpc) is 2.55. The Hall–Kier alpha value is -1.30. The molecule has 1 aliphatic carbocycles. The molecule has 2 fully saturated rings. The van der Waals surface area contributed by atoms with Crippen molar-refractivity contribution in [3.63, 3.8) is 0 Å². The largest absolute Gasteiger partial charge is 0.342 e. The highest BCUT2D eigenvalue weighted by Gasteiger charge is 2.28. The van der Waals surface area contributed by atoms with E-state index in [1.54, 1.807) is 0 Å². The zero-order valence-corrected chi connectivity index (χ0v) is 14.5. The summed E-state index contributed by atoms with van der Waals surface area (Å²) in [6, 6.07) is 0.316. The average molecular weight is 324 g/mol. The third kappa shape index (κ3) is 5.37. The van der Waals surface area contributed by atoms with Crippen molar-refractivity contribution in [1.82, 2.24) is 15.5 Å². The van der Waals surface area contributed by atoms with Crippen LogP contribution in [0.2, 0.25) is 0 Å². The summed E-state index contributed by atoms with van der Waals surface area (Å²) in [5.41, 5.74) is 5.81. The predicted octanol–water partition coefficient (Wildman–Crippen LogP) is 1.59. The van der Waals surface area contributed by atoms with Gasteiger partial charge >= 0.3 is 6.03 Å². The van der Waals surface area contributed by atoms with Crippen LogP contribution in [-0.4, -0.2) is 48.1 Å². The Kier molecular flexibility index (Phi) is 6.69. The Morgan fingerprint density at radius 2 is 1.48 bits per heavy atom. The molecule has 0 radical (unpaired) electrons. The summed E-state index contributed by atoms with van der Waals surface area (Å²) in [7, 11) is 0. The maximum atomic E-state index is 12.3. The third-order valence-corrected chi connectivity index (χ3v) is 5.26. The van der Waals surface area contributed by atoms with Gasteiger partial charge in [0.25, 0.3) is 0 Å². The smallest absolute Gasteiger partial charge is 0.315 e. The number of nitrogens with two attached hydrogens (primary N) is 1. The third-order valence-electron chi connectivity index (χ3n) is 5.26. The number of nitrogens with one attached hydrogen (secondary N) is 2. The number of carbonyl (C=O) groups is 2. The first-order chi connectivity index (χ1) is 11.0. The number of nitrogens with zero attached hydrogens (tertiary/aromatic N) is 1. The normalized spacial score (nSPS) is 23.2. The van der Waals surface area contributed by atoms with E-state index < -0.39 is 0 Å². The van der Waals surface area contributed by atoms with E-state index in [-0.39, 0.29) is 29.9 Å². The lowest BCUT2D eigenvalue weighted by Crippen LogP contribution is -2.52. The highest BCUT2D eigenvalue weighted by atomic mass is 16.2. The SMILES string of the molecule is CC(N)C(C)C(=O)N1CCC(NC(=O)NC2CCCCC2)CC1. The number of likely N-dealkylation sites (tertiary alicyclic amines) is 1. The molecule has 2 aliphatic rings. The second-order valence-corrected chi connectivity index (χ2v) is 7.20. The molecule has 1 aliphatic heterocycles. The molecule has 3 amide bonds. The van der Waals surface area contributed by atoms with Gasteiger partial charge in [-0.3, -0.25) is 4.79 Å². The molecule has 0 spiro atoms. The lowest BCUT2D eigenvalue weighted by Gasteiger charge is -2.35. The summed E-state index contributed by atoms with van der Waals surface area (Å²) in [6.45, 7) is 5.15. The molecule has 6 heteroatoms. The molecule has 4 N–H and O–H groups in total. The number of piperidine rings is 1. The number of rotatable bonds is 4. The Balaban J connectivity index is 1.69. The van der Waals surface area contributed by atoms with Gasteiger partial charge in [-0.2, -0.15) is 0 Å². The molecule has 1 saturated carbocycles. The quantitative estimate of drug-likeness (QED) is 0.734. The summed E-state index contributed by atoms with van der Waals surface area (Å²) >= 11 is 0. The van der Waals surface area contributed by atoms with Crippen molar-refractivity contribution in [2.75, 3.05) is 13.1 Å². The molecule has 0 aromatic rings. The van der Waals surface area contributed by atoms with E-state index in [4.69, 9.17) is 5.73 Å². The number of amides is 3. The van der Waals surface area contributed by atoms with Crippen molar-refractivity contribution in [3.8, 4) is 0 Å². The van der Waals surface area contributed by atoms with E-state index >= 15 is 0 Å². The maximum absolute atomic E-state index is 12.3. The van der Waals surface area contributed by atoms with E-state index in [2.05, 4.69) is 10.6 Å². The summed E-state index contributed by atoms with van der Waals surface area (Å²) in [5.74, 6) is -0.0146. The Morgan fingerprint density at radius 3 is 2.00 bits per heavy atom. The number of urea groups is 1. The van der Waals surface area contributed by atoms with Crippen LogP contribution in [0, 0.1) is 5.92 Å². The first-order valence-electron chi connectivity index (χ1n) is 9.08. The molecule has 2 unspecified atom stereocenters. The van der Waals surface area contributed by atoms with Crippen molar-refractivity contribution in [3.05, 3.63) is 0 Å². The molecular formula is C17H32N4O2. The first kappa shape index (κ1) is 18.0. The van der Waals surface area contributed by atoms with Gasteiger partial charge in [0, 0.05) is 31.2 Å². The zero-order valence-electron chi connectivity index (χ0n) is 14.5. The molecule has 2 rings (SSSR count). The molecule has 2 atom stereocenters. The number of hydrogen-bond donors (Lipinski definition) is 3. The van der Waals surface area contributed by atoms with E-state index in [1.807, 2.05) is 18.7 Å². The van der Waals surface area contributed by atoms with Gasteiger partial charge in [0.05, 0.1) is 5.92 Å². The van der Waals surface area contributed by atoms with Crippen LogP contribution >= 0.6 is 0 Å². The van der Waals surface area contributed by atoms with Crippen molar-refractivity contribution < 1.29 is 9.59 Å². The Labute approximate surface area is 139 Å². The van der Waals surface area contributed by atoms with Gasteiger partial charge in [0.15, 0.2) is 0 Å². The van der Waals surface area contributed by atoms with Crippen molar-refractivity contribution in [2.24, 2.45) is 11.7 Å². The van der Waals surface area contributed by atoms with E-state index in [0.29, 0.717) is 19.1 Å². The molecule has 6 nitrogen and oxygen atoms in total. The van der Waals surface area contributed by atoms with Gasteiger partial charge in [0.2, 0.25) is 5.91 Å². The van der Waals surface area contributed by atoms with Crippen LogP contribution in [-0.2, 0) is 4.79 Å². The topological polar surface area (TPSA) is 87.5 Å². The van der Waals surface area contributed by atoms with Gasteiger partial charge in [0.1, 0.15) is 0 Å². The minimum atomic E-state index is -0.144. The molecule has 0 aromatic carbocycles. The first-order valence-corrected chi connectivity index (χ1v) is 9.08. The van der Waals surface area contributed by atoms with Crippen LogP contribution < -0.4 is 16.4 Å². The zero-order chi connectivity index (χ0) is 16.8. The van der Waals surface area contributed by atoms with Gasteiger partial charge in [-0.25, -0.2) is 4.79 Å². The second kappa shape index (κ2) is 8.52. The predicted molar refractivity (Wildman–Crippen MR) is 91.0 cm³/mol. The number of hydrogen-bond acceptors (Lipinski definition) is 3. The molecule has 0 bridgehead atoms. The summed E-state index contributed by atoms with van der Waals surface area (Å²) in [6.07, 6.45) is 7.52. The minimum Gasteiger partial charge on any atom is -0.342 e. The summed E-state index contributed by atoms with van der Waals surface area (Å²) < 4.78 is 0. The monoisotopic (exact) mass is 324 g/mol. The second-order valence-electron chi connectivity index (χ2n) is 7.20. The summed E-state index contributed by atoms with van der Waals surface area (Å²) in [5, 5.41) is 6.15. The van der Waals surface area contributed by atoms with Crippen LogP contribution in [0.5, 0.6) is 0 Å². The fourth-order valence-corrected chi connectivity index (χ4v) is 3.42. The van der Waals surface area contributed by atoms with Crippen LogP contribution in [0.1, 0.15) is 58.8 Å². The highest BCUT2D eigenvalue weighted by molar-refractivity contribution is 5.79. The van der Waals surface area contributed by atoms with E-state index in [0.717, 1.165) is 25.7 Å². The lowest BCUT2D eigenvalue weighted by atomic mass is 9.96. The maximum Gasteiger partial charge on any atom is 0.315 e.